The summed E-state index contributed by atoms with van der Waals surface area (Å²) < 4.78 is 4.85. The van der Waals surface area contributed by atoms with Crippen molar-refractivity contribution in [3.05, 3.63) is 23.9 Å². The number of guanidine groups is 1. The van der Waals surface area contributed by atoms with Crippen molar-refractivity contribution in [2.45, 2.75) is 32.2 Å². The summed E-state index contributed by atoms with van der Waals surface area (Å²) in [7, 11) is 3.25. The monoisotopic (exact) mass is 359 g/mol. The van der Waals surface area contributed by atoms with Gasteiger partial charge >= 0.3 is 5.97 Å². The summed E-state index contributed by atoms with van der Waals surface area (Å²) in [6.45, 7) is 4.53. The normalized spacial score (nSPS) is 18.9. The van der Waals surface area contributed by atoms with Gasteiger partial charge in [-0.2, -0.15) is 0 Å². The molecule has 7 nitrogen and oxygen atoms in total. The molecule has 2 aliphatic heterocycles. The third-order valence-corrected chi connectivity index (χ3v) is 5.23. The molecule has 7 heteroatoms. The van der Waals surface area contributed by atoms with Gasteiger partial charge in [-0.3, -0.25) is 9.79 Å². The second kappa shape index (κ2) is 8.87. The van der Waals surface area contributed by atoms with E-state index in [4.69, 9.17) is 4.74 Å². The average molecular weight is 359 g/mol. The number of ether oxygens (including phenoxy) is 1. The Morgan fingerprint density at radius 2 is 2.00 bits per heavy atom. The fraction of sp³-hybridized carbons (Fsp3) is 0.632. The van der Waals surface area contributed by atoms with Crippen LogP contribution in [0.4, 0.5) is 5.82 Å². The van der Waals surface area contributed by atoms with Gasteiger partial charge in [0.05, 0.1) is 13.0 Å². The summed E-state index contributed by atoms with van der Waals surface area (Å²) in [5, 5.41) is 3.41. The molecule has 3 heterocycles. The zero-order valence-electron chi connectivity index (χ0n) is 15.8. The van der Waals surface area contributed by atoms with E-state index >= 15 is 0 Å². The van der Waals surface area contributed by atoms with E-state index in [1.165, 1.54) is 20.0 Å². The number of carbonyl (C=O) groups is 1. The molecule has 0 radical (unpaired) electrons. The van der Waals surface area contributed by atoms with Gasteiger partial charge in [0.15, 0.2) is 5.96 Å². The molecule has 0 unspecified atom stereocenters. The molecule has 0 aromatic carbocycles. The number of methoxy groups -OCH3 is 1. The van der Waals surface area contributed by atoms with Gasteiger partial charge in [-0.1, -0.05) is 6.07 Å². The van der Waals surface area contributed by atoms with Gasteiger partial charge in [-0.05, 0) is 37.3 Å². The molecule has 0 spiro atoms. The van der Waals surface area contributed by atoms with E-state index in [1.807, 2.05) is 6.20 Å². The van der Waals surface area contributed by atoms with Gasteiger partial charge in [0.25, 0.3) is 0 Å². The van der Waals surface area contributed by atoms with E-state index in [2.05, 4.69) is 37.2 Å². The molecule has 1 aromatic rings. The summed E-state index contributed by atoms with van der Waals surface area (Å²) in [5.41, 5.74) is 1.14. The van der Waals surface area contributed by atoms with Crippen molar-refractivity contribution >= 4 is 17.7 Å². The molecule has 2 aliphatic rings. The lowest BCUT2D eigenvalue weighted by Crippen LogP contribution is -2.46. The van der Waals surface area contributed by atoms with Crippen molar-refractivity contribution in [3.8, 4) is 0 Å². The highest BCUT2D eigenvalue weighted by Crippen LogP contribution is 2.19. The highest BCUT2D eigenvalue weighted by atomic mass is 16.5. The van der Waals surface area contributed by atoms with E-state index in [0.717, 1.165) is 56.4 Å². The Kier molecular flexibility index (Phi) is 6.30. The fourth-order valence-corrected chi connectivity index (χ4v) is 3.66. The number of esters is 1. The van der Waals surface area contributed by atoms with E-state index < -0.39 is 0 Å². The molecule has 0 aliphatic carbocycles. The molecule has 1 N–H and O–H groups in total. The Labute approximate surface area is 155 Å². The number of aliphatic imine (C=N–C) groups is 1. The number of hydrogen-bond acceptors (Lipinski definition) is 5. The van der Waals surface area contributed by atoms with Crippen LogP contribution in [-0.2, 0) is 16.1 Å². The number of carbonyl (C=O) groups excluding carboxylic acids is 1. The molecular formula is C19H29N5O2. The highest BCUT2D eigenvalue weighted by Gasteiger charge is 2.26. The van der Waals surface area contributed by atoms with Crippen LogP contribution >= 0.6 is 0 Å². The van der Waals surface area contributed by atoms with Crippen LogP contribution in [0.2, 0.25) is 0 Å². The number of anilines is 1. The molecule has 26 heavy (non-hydrogen) atoms. The third-order valence-electron chi connectivity index (χ3n) is 5.23. The predicted octanol–water partition coefficient (Wildman–Crippen LogP) is 1.64. The second-order valence-corrected chi connectivity index (χ2v) is 6.90. The van der Waals surface area contributed by atoms with Crippen molar-refractivity contribution in [1.29, 1.82) is 0 Å². The van der Waals surface area contributed by atoms with Crippen LogP contribution in [-0.4, -0.2) is 62.1 Å². The lowest BCUT2D eigenvalue weighted by molar-refractivity contribution is -0.146. The third kappa shape index (κ3) is 4.45. The fourth-order valence-electron chi connectivity index (χ4n) is 3.66. The lowest BCUT2D eigenvalue weighted by atomic mass is 9.97. The van der Waals surface area contributed by atoms with Gasteiger partial charge in [0, 0.05) is 46.0 Å². The first kappa shape index (κ1) is 18.5. The molecule has 2 fully saturated rings. The van der Waals surface area contributed by atoms with Gasteiger partial charge in [0.2, 0.25) is 0 Å². The minimum atomic E-state index is -0.100. The van der Waals surface area contributed by atoms with Crippen LogP contribution in [0.3, 0.4) is 0 Å². The van der Waals surface area contributed by atoms with Crippen molar-refractivity contribution in [2.75, 3.05) is 45.2 Å². The Morgan fingerprint density at radius 1 is 1.27 bits per heavy atom. The molecule has 0 atom stereocenters. The summed E-state index contributed by atoms with van der Waals surface area (Å²) in [6, 6.07) is 4.23. The SMILES string of the molecule is CN=C(NCc1ccc(N2CCCC2)nc1)N1CCC(C(=O)OC)CC1. The quantitative estimate of drug-likeness (QED) is 0.501. The number of hydrogen-bond donors (Lipinski definition) is 1. The first-order chi connectivity index (χ1) is 12.7. The Morgan fingerprint density at radius 3 is 2.58 bits per heavy atom. The largest absolute Gasteiger partial charge is 0.469 e. The van der Waals surface area contributed by atoms with Gasteiger partial charge in [-0.15, -0.1) is 0 Å². The minimum absolute atomic E-state index is 0.0108. The van der Waals surface area contributed by atoms with Crippen LogP contribution in [0.15, 0.2) is 23.3 Å². The zero-order chi connectivity index (χ0) is 18.4. The highest BCUT2D eigenvalue weighted by molar-refractivity contribution is 5.80. The maximum Gasteiger partial charge on any atom is 0.308 e. The first-order valence-electron chi connectivity index (χ1n) is 9.44. The van der Waals surface area contributed by atoms with Crippen LogP contribution in [0, 0.1) is 5.92 Å². The number of likely N-dealkylation sites (tertiary alicyclic amines) is 1. The number of pyridine rings is 1. The second-order valence-electron chi connectivity index (χ2n) is 6.90. The van der Waals surface area contributed by atoms with Crippen molar-refractivity contribution in [3.63, 3.8) is 0 Å². The van der Waals surface area contributed by atoms with E-state index in [1.54, 1.807) is 7.05 Å². The Balaban J connectivity index is 1.49. The molecule has 3 rings (SSSR count). The number of piperidine rings is 1. The summed E-state index contributed by atoms with van der Waals surface area (Å²) in [5.74, 6) is 1.85. The first-order valence-corrected chi connectivity index (χ1v) is 9.44. The van der Waals surface area contributed by atoms with Gasteiger partial charge < -0.3 is 19.9 Å². The predicted molar refractivity (Wildman–Crippen MR) is 102 cm³/mol. The van der Waals surface area contributed by atoms with Crippen LogP contribution in [0.5, 0.6) is 0 Å². The van der Waals surface area contributed by atoms with Crippen LogP contribution in [0.25, 0.3) is 0 Å². The zero-order valence-corrected chi connectivity index (χ0v) is 15.8. The summed E-state index contributed by atoms with van der Waals surface area (Å²) in [6.07, 6.45) is 6.07. The number of nitrogens with zero attached hydrogens (tertiary/aromatic N) is 4. The number of nitrogens with one attached hydrogen (secondary N) is 1. The molecule has 0 amide bonds. The minimum Gasteiger partial charge on any atom is -0.469 e. The molecule has 0 bridgehead atoms. The average Bonchev–Trinajstić information content (AvgIpc) is 3.23. The van der Waals surface area contributed by atoms with Crippen molar-refractivity contribution in [2.24, 2.45) is 10.9 Å². The topological polar surface area (TPSA) is 70.1 Å². The number of rotatable bonds is 4. The lowest BCUT2D eigenvalue weighted by Gasteiger charge is -2.33. The van der Waals surface area contributed by atoms with Crippen molar-refractivity contribution in [1.82, 2.24) is 15.2 Å². The van der Waals surface area contributed by atoms with Crippen molar-refractivity contribution < 1.29 is 9.53 Å². The van der Waals surface area contributed by atoms with Crippen LogP contribution < -0.4 is 10.2 Å². The molecule has 1 aromatic heterocycles. The molecule has 2 saturated heterocycles. The smallest absolute Gasteiger partial charge is 0.308 e. The molecular weight excluding hydrogens is 330 g/mol. The Hall–Kier alpha value is -2.31. The standard InChI is InChI=1S/C19H29N5O2/c1-20-19(24-11-7-16(8-12-24)18(25)26-2)22-14-15-5-6-17(21-13-15)23-9-3-4-10-23/h5-6,13,16H,3-4,7-12,14H2,1-2H3,(H,20,22). The van der Waals surface area contributed by atoms with Gasteiger partial charge in [0.1, 0.15) is 5.82 Å². The molecule has 0 saturated carbocycles. The maximum absolute atomic E-state index is 11.6. The van der Waals surface area contributed by atoms with E-state index in [0.29, 0.717) is 6.54 Å². The Bertz CT molecular complexity index is 617. The maximum atomic E-state index is 11.6. The van der Waals surface area contributed by atoms with Crippen LogP contribution in [0.1, 0.15) is 31.2 Å². The number of aromatic nitrogens is 1. The van der Waals surface area contributed by atoms with E-state index in [-0.39, 0.29) is 11.9 Å². The summed E-state index contributed by atoms with van der Waals surface area (Å²) in [4.78, 5) is 25.2. The molecule has 142 valence electrons. The summed E-state index contributed by atoms with van der Waals surface area (Å²) >= 11 is 0. The van der Waals surface area contributed by atoms with E-state index in [9.17, 15) is 4.79 Å². The van der Waals surface area contributed by atoms with Gasteiger partial charge in [-0.25, -0.2) is 4.98 Å².